The van der Waals surface area contributed by atoms with E-state index in [4.69, 9.17) is 9.47 Å². The molecule has 2 amide bonds. The molecule has 0 aliphatic rings. The SMILES string of the molecule is COc1cc(OC)cc(C(=O)N[C@H](C(=O)NCCCn2ccc3ccccc32)C(C)C)c1. The van der Waals surface area contributed by atoms with Gasteiger partial charge < -0.3 is 24.7 Å². The summed E-state index contributed by atoms with van der Waals surface area (Å²) in [5.41, 5.74) is 1.55. The molecular weight excluding hydrogens is 406 g/mol. The highest BCUT2D eigenvalue weighted by molar-refractivity contribution is 5.98. The van der Waals surface area contributed by atoms with Gasteiger partial charge in [-0.25, -0.2) is 0 Å². The van der Waals surface area contributed by atoms with E-state index in [-0.39, 0.29) is 17.7 Å². The Balaban J connectivity index is 1.56. The topological polar surface area (TPSA) is 81.6 Å². The van der Waals surface area contributed by atoms with Gasteiger partial charge in [0.25, 0.3) is 5.91 Å². The van der Waals surface area contributed by atoms with Crippen molar-refractivity contribution >= 4 is 22.7 Å². The van der Waals surface area contributed by atoms with Crippen molar-refractivity contribution in [2.75, 3.05) is 20.8 Å². The fourth-order valence-electron chi connectivity index (χ4n) is 3.60. The lowest BCUT2D eigenvalue weighted by atomic mass is 10.0. The minimum absolute atomic E-state index is 0.0696. The molecule has 3 aromatic rings. The van der Waals surface area contributed by atoms with Crippen molar-refractivity contribution in [3.8, 4) is 11.5 Å². The average Bonchev–Trinajstić information content (AvgIpc) is 3.22. The number of amides is 2. The maximum Gasteiger partial charge on any atom is 0.252 e. The molecule has 0 spiro atoms. The van der Waals surface area contributed by atoms with Crippen LogP contribution in [0.25, 0.3) is 10.9 Å². The lowest BCUT2D eigenvalue weighted by molar-refractivity contribution is -0.123. The van der Waals surface area contributed by atoms with Crippen LogP contribution in [0.1, 0.15) is 30.6 Å². The van der Waals surface area contributed by atoms with Crippen molar-refractivity contribution < 1.29 is 19.1 Å². The molecule has 32 heavy (non-hydrogen) atoms. The first-order valence-electron chi connectivity index (χ1n) is 10.8. The third kappa shape index (κ3) is 5.60. The molecule has 0 bridgehead atoms. The zero-order valence-electron chi connectivity index (χ0n) is 19.1. The fraction of sp³-hybridized carbons (Fsp3) is 0.360. The molecule has 1 heterocycles. The van der Waals surface area contributed by atoms with E-state index in [1.807, 2.05) is 26.0 Å². The average molecular weight is 438 g/mol. The summed E-state index contributed by atoms with van der Waals surface area (Å²) >= 11 is 0. The van der Waals surface area contributed by atoms with Crippen molar-refractivity contribution in [1.82, 2.24) is 15.2 Å². The van der Waals surface area contributed by atoms with Gasteiger partial charge in [0.1, 0.15) is 17.5 Å². The Morgan fingerprint density at radius 3 is 2.34 bits per heavy atom. The number of nitrogens with one attached hydrogen (secondary N) is 2. The Morgan fingerprint density at radius 2 is 1.69 bits per heavy atom. The summed E-state index contributed by atoms with van der Waals surface area (Å²) in [4.78, 5) is 25.6. The van der Waals surface area contributed by atoms with Crippen LogP contribution in [-0.2, 0) is 11.3 Å². The van der Waals surface area contributed by atoms with Gasteiger partial charge in [0, 0.05) is 36.4 Å². The smallest absolute Gasteiger partial charge is 0.252 e. The second-order valence-electron chi connectivity index (χ2n) is 8.01. The third-order valence-electron chi connectivity index (χ3n) is 5.40. The number of hydrogen-bond donors (Lipinski definition) is 2. The predicted octanol–water partition coefficient (Wildman–Crippen LogP) is 3.62. The van der Waals surface area contributed by atoms with Crippen LogP contribution in [-0.4, -0.2) is 43.2 Å². The zero-order chi connectivity index (χ0) is 23.1. The molecule has 0 saturated heterocycles. The molecule has 0 aliphatic heterocycles. The maximum atomic E-state index is 12.8. The summed E-state index contributed by atoms with van der Waals surface area (Å²) in [7, 11) is 3.05. The minimum Gasteiger partial charge on any atom is -0.497 e. The van der Waals surface area contributed by atoms with Crippen molar-refractivity contribution in [2.24, 2.45) is 5.92 Å². The van der Waals surface area contributed by atoms with Gasteiger partial charge in [0.05, 0.1) is 14.2 Å². The van der Waals surface area contributed by atoms with Crippen molar-refractivity contribution in [2.45, 2.75) is 32.9 Å². The van der Waals surface area contributed by atoms with Crippen LogP contribution in [0.5, 0.6) is 11.5 Å². The number of hydrogen-bond acceptors (Lipinski definition) is 4. The molecule has 7 nitrogen and oxygen atoms in total. The van der Waals surface area contributed by atoms with Gasteiger partial charge in [-0.05, 0) is 42.0 Å². The number of rotatable bonds is 10. The molecule has 7 heteroatoms. The fourth-order valence-corrected chi connectivity index (χ4v) is 3.60. The number of benzene rings is 2. The molecule has 0 aliphatic carbocycles. The zero-order valence-corrected chi connectivity index (χ0v) is 19.1. The highest BCUT2D eigenvalue weighted by Crippen LogP contribution is 2.22. The van der Waals surface area contributed by atoms with Gasteiger partial charge in [0.2, 0.25) is 5.91 Å². The quantitative estimate of drug-likeness (QED) is 0.475. The molecule has 2 N–H and O–H groups in total. The summed E-state index contributed by atoms with van der Waals surface area (Å²) in [5.74, 6) is 0.408. The van der Waals surface area contributed by atoms with Crippen LogP contribution in [0.4, 0.5) is 0 Å². The summed E-state index contributed by atoms with van der Waals surface area (Å²) in [5, 5.41) is 7.01. The van der Waals surface area contributed by atoms with Crippen LogP contribution in [0.2, 0.25) is 0 Å². The largest absolute Gasteiger partial charge is 0.497 e. The maximum absolute atomic E-state index is 12.8. The number of methoxy groups -OCH3 is 2. The molecular formula is C25H31N3O4. The Labute approximate surface area is 188 Å². The van der Waals surface area contributed by atoms with E-state index in [1.165, 1.54) is 25.1 Å². The Hall–Kier alpha value is -3.48. The van der Waals surface area contributed by atoms with Crippen LogP contribution >= 0.6 is 0 Å². The Kier molecular flexibility index (Phi) is 7.76. The summed E-state index contributed by atoms with van der Waals surface area (Å²) in [6.45, 7) is 5.14. The van der Waals surface area contributed by atoms with Gasteiger partial charge in [0.15, 0.2) is 0 Å². The molecule has 170 valence electrons. The number of nitrogens with zero attached hydrogens (tertiary/aromatic N) is 1. The lowest BCUT2D eigenvalue weighted by Crippen LogP contribution is -2.50. The summed E-state index contributed by atoms with van der Waals surface area (Å²) in [6, 6.07) is 14.6. The first kappa shape index (κ1) is 23.2. The van der Waals surface area contributed by atoms with E-state index in [1.54, 1.807) is 18.2 Å². The highest BCUT2D eigenvalue weighted by Gasteiger charge is 2.25. The van der Waals surface area contributed by atoms with Gasteiger partial charge in [-0.1, -0.05) is 32.0 Å². The van der Waals surface area contributed by atoms with Gasteiger partial charge in [-0.3, -0.25) is 9.59 Å². The number of fused-ring (bicyclic) bond motifs is 1. The van der Waals surface area contributed by atoms with Gasteiger partial charge in [-0.2, -0.15) is 0 Å². The number of carbonyl (C=O) groups excluding carboxylic acids is 2. The number of ether oxygens (including phenoxy) is 2. The normalized spacial score (nSPS) is 11.9. The van der Waals surface area contributed by atoms with Crippen LogP contribution in [0, 0.1) is 5.92 Å². The van der Waals surface area contributed by atoms with E-state index >= 15 is 0 Å². The Morgan fingerprint density at radius 1 is 1.00 bits per heavy atom. The third-order valence-corrected chi connectivity index (χ3v) is 5.40. The van der Waals surface area contributed by atoms with Crippen LogP contribution < -0.4 is 20.1 Å². The van der Waals surface area contributed by atoms with Gasteiger partial charge >= 0.3 is 0 Å². The van der Waals surface area contributed by atoms with Crippen LogP contribution in [0.15, 0.2) is 54.7 Å². The van der Waals surface area contributed by atoms with Crippen molar-refractivity contribution in [1.29, 1.82) is 0 Å². The molecule has 1 atom stereocenters. The van der Waals surface area contributed by atoms with E-state index in [9.17, 15) is 9.59 Å². The lowest BCUT2D eigenvalue weighted by Gasteiger charge is -2.22. The molecule has 0 radical (unpaired) electrons. The first-order chi connectivity index (χ1) is 15.4. The van der Waals surface area contributed by atoms with Gasteiger partial charge in [-0.15, -0.1) is 0 Å². The monoisotopic (exact) mass is 437 g/mol. The Bertz CT molecular complexity index is 1050. The van der Waals surface area contributed by atoms with Crippen LogP contribution in [0.3, 0.4) is 0 Å². The number of aromatic nitrogens is 1. The number of carbonyl (C=O) groups is 2. The summed E-state index contributed by atoms with van der Waals surface area (Å²) < 4.78 is 12.6. The standard InChI is InChI=1S/C25H31N3O4/c1-17(2)23(27-24(29)19-14-20(31-3)16-21(15-19)32-4)25(30)26-11-7-12-28-13-10-18-8-5-6-9-22(18)28/h5-6,8-10,13-17,23H,7,11-12H2,1-4H3,(H,26,30)(H,27,29)/t23-/m0/s1. The predicted molar refractivity (Wildman–Crippen MR) is 125 cm³/mol. The van der Waals surface area contributed by atoms with E-state index in [2.05, 4.69) is 39.6 Å². The molecule has 3 rings (SSSR count). The molecule has 1 aromatic heterocycles. The summed E-state index contributed by atoms with van der Waals surface area (Å²) in [6.07, 6.45) is 2.85. The second-order valence-corrected chi connectivity index (χ2v) is 8.01. The van der Waals surface area contributed by atoms with Crippen molar-refractivity contribution in [3.05, 3.63) is 60.3 Å². The molecule has 0 fully saturated rings. The molecule has 2 aromatic carbocycles. The van der Waals surface area contributed by atoms with Crippen molar-refractivity contribution in [3.63, 3.8) is 0 Å². The highest BCUT2D eigenvalue weighted by atomic mass is 16.5. The minimum atomic E-state index is -0.646. The number of para-hydroxylation sites is 1. The van der Waals surface area contributed by atoms with E-state index in [0.717, 1.165) is 13.0 Å². The molecule has 0 unspecified atom stereocenters. The van der Waals surface area contributed by atoms with E-state index in [0.29, 0.717) is 23.6 Å². The second kappa shape index (κ2) is 10.7. The molecule has 0 saturated carbocycles. The number of aryl methyl sites for hydroxylation is 1. The van der Waals surface area contributed by atoms with E-state index < -0.39 is 6.04 Å². The first-order valence-corrected chi connectivity index (χ1v) is 10.8.